The summed E-state index contributed by atoms with van der Waals surface area (Å²) in [6.45, 7) is 1.33. The van der Waals surface area contributed by atoms with Crippen LogP contribution in [-0.4, -0.2) is 36.3 Å². The van der Waals surface area contributed by atoms with Gasteiger partial charge in [0.1, 0.15) is 6.54 Å². The van der Waals surface area contributed by atoms with Gasteiger partial charge in [0.25, 0.3) is 0 Å². The largest absolute Gasteiger partial charge is 0.331 e. The summed E-state index contributed by atoms with van der Waals surface area (Å²) in [5.41, 5.74) is 0.804. The van der Waals surface area contributed by atoms with Crippen molar-refractivity contribution in [2.24, 2.45) is 5.92 Å². The summed E-state index contributed by atoms with van der Waals surface area (Å²) in [6.07, 6.45) is 3.08. The molecule has 0 N–H and O–H groups in total. The highest BCUT2D eigenvalue weighted by Gasteiger charge is 2.34. The molecule has 0 bridgehead atoms. The summed E-state index contributed by atoms with van der Waals surface area (Å²) in [6, 6.07) is 7.26. The Hall–Kier alpha value is -1.55. The lowest BCUT2D eigenvalue weighted by Gasteiger charge is -2.37. The number of carbonyl (C=O) groups excluding carboxylic acids is 2. The van der Waals surface area contributed by atoms with E-state index in [1.54, 1.807) is 21.9 Å². The first-order valence-electron chi connectivity index (χ1n) is 7.00. The van der Waals surface area contributed by atoms with Gasteiger partial charge < -0.3 is 9.80 Å². The van der Waals surface area contributed by atoms with Crippen LogP contribution in [0, 0.1) is 5.92 Å². The van der Waals surface area contributed by atoms with E-state index < -0.39 is 0 Å². The molecular formula is C15H17ClN2O2. The fraction of sp³-hybridized carbons (Fsp3) is 0.467. The van der Waals surface area contributed by atoms with Gasteiger partial charge in [-0.2, -0.15) is 0 Å². The van der Waals surface area contributed by atoms with E-state index in [0.29, 0.717) is 18.1 Å². The van der Waals surface area contributed by atoms with Crippen LogP contribution in [0.4, 0.5) is 5.69 Å². The molecule has 1 heterocycles. The third-order valence-electron chi connectivity index (χ3n) is 4.11. The van der Waals surface area contributed by atoms with Crippen LogP contribution in [0.3, 0.4) is 0 Å². The molecule has 4 nitrogen and oxygen atoms in total. The van der Waals surface area contributed by atoms with Gasteiger partial charge in [-0.05, 0) is 31.0 Å². The molecule has 0 spiro atoms. The monoisotopic (exact) mass is 292 g/mol. The lowest BCUT2D eigenvalue weighted by atomic mass is 9.84. The molecule has 1 aromatic carbocycles. The van der Waals surface area contributed by atoms with Crippen LogP contribution >= 0.6 is 11.6 Å². The van der Waals surface area contributed by atoms with E-state index in [1.165, 1.54) is 0 Å². The van der Waals surface area contributed by atoms with Crippen molar-refractivity contribution in [2.45, 2.75) is 19.3 Å². The van der Waals surface area contributed by atoms with Crippen molar-refractivity contribution in [3.8, 4) is 0 Å². The van der Waals surface area contributed by atoms with Crippen molar-refractivity contribution in [3.05, 3.63) is 29.3 Å². The van der Waals surface area contributed by atoms with Crippen LogP contribution in [0.25, 0.3) is 0 Å². The van der Waals surface area contributed by atoms with Gasteiger partial charge in [-0.25, -0.2) is 0 Å². The minimum atomic E-state index is -0.0359. The number of hydrogen-bond acceptors (Lipinski definition) is 2. The van der Waals surface area contributed by atoms with Crippen molar-refractivity contribution in [1.82, 2.24) is 4.90 Å². The topological polar surface area (TPSA) is 40.6 Å². The maximum Gasteiger partial charge on any atom is 0.246 e. The molecule has 0 aromatic heterocycles. The van der Waals surface area contributed by atoms with Crippen LogP contribution in [0.1, 0.15) is 19.3 Å². The van der Waals surface area contributed by atoms with Crippen LogP contribution in [0.15, 0.2) is 24.3 Å². The van der Waals surface area contributed by atoms with Crippen LogP contribution in [-0.2, 0) is 9.59 Å². The SMILES string of the molecule is O=C(C1CCC1)N1CCN(c2cccc(Cl)c2)C(=O)C1. The first kappa shape index (κ1) is 13.4. The zero-order chi connectivity index (χ0) is 14.1. The number of nitrogens with zero attached hydrogens (tertiary/aromatic N) is 2. The maximum absolute atomic E-state index is 12.2. The van der Waals surface area contributed by atoms with Gasteiger partial charge >= 0.3 is 0 Å². The van der Waals surface area contributed by atoms with Crippen LogP contribution < -0.4 is 4.90 Å². The van der Waals surface area contributed by atoms with E-state index >= 15 is 0 Å². The predicted molar refractivity (Wildman–Crippen MR) is 77.7 cm³/mol. The number of anilines is 1. The highest BCUT2D eigenvalue weighted by molar-refractivity contribution is 6.30. The number of benzene rings is 1. The molecule has 2 fully saturated rings. The molecule has 106 valence electrons. The number of hydrogen-bond donors (Lipinski definition) is 0. The van der Waals surface area contributed by atoms with Crippen LogP contribution in [0.5, 0.6) is 0 Å². The van der Waals surface area contributed by atoms with Gasteiger partial charge in [-0.15, -0.1) is 0 Å². The quantitative estimate of drug-likeness (QED) is 0.839. The summed E-state index contributed by atoms with van der Waals surface area (Å²) in [7, 11) is 0. The van der Waals surface area contributed by atoms with Gasteiger partial charge in [0.05, 0.1) is 0 Å². The zero-order valence-electron chi connectivity index (χ0n) is 11.2. The molecule has 1 saturated carbocycles. The minimum absolute atomic E-state index is 0.0359. The molecule has 1 aliphatic carbocycles. The van der Waals surface area contributed by atoms with E-state index in [9.17, 15) is 9.59 Å². The average molecular weight is 293 g/mol. The Morgan fingerprint density at radius 3 is 2.65 bits per heavy atom. The minimum Gasteiger partial charge on any atom is -0.331 e. The summed E-state index contributed by atoms with van der Waals surface area (Å²) < 4.78 is 0. The molecular weight excluding hydrogens is 276 g/mol. The molecule has 5 heteroatoms. The summed E-state index contributed by atoms with van der Waals surface area (Å²) >= 11 is 5.96. The molecule has 1 aliphatic heterocycles. The van der Waals surface area contributed by atoms with E-state index in [2.05, 4.69) is 0 Å². The standard InChI is InChI=1S/C15H17ClN2O2/c16-12-5-2-6-13(9-12)18-8-7-17(10-14(18)19)15(20)11-3-1-4-11/h2,5-6,9,11H,1,3-4,7-8,10H2. The molecule has 2 aliphatic rings. The molecule has 2 amide bonds. The third-order valence-corrected chi connectivity index (χ3v) is 4.34. The Labute approximate surface area is 123 Å². The van der Waals surface area contributed by atoms with Crippen molar-refractivity contribution in [1.29, 1.82) is 0 Å². The highest BCUT2D eigenvalue weighted by Crippen LogP contribution is 2.29. The fourth-order valence-corrected chi connectivity index (χ4v) is 2.88. The highest BCUT2D eigenvalue weighted by atomic mass is 35.5. The van der Waals surface area contributed by atoms with Crippen molar-refractivity contribution >= 4 is 29.1 Å². The Morgan fingerprint density at radius 1 is 1.25 bits per heavy atom. The number of piperazine rings is 1. The van der Waals surface area contributed by atoms with Gasteiger partial charge in [0.2, 0.25) is 11.8 Å². The van der Waals surface area contributed by atoms with Gasteiger partial charge in [-0.3, -0.25) is 9.59 Å². The van der Waals surface area contributed by atoms with Crippen molar-refractivity contribution in [2.75, 3.05) is 24.5 Å². The normalized spacial score (nSPS) is 19.9. The average Bonchev–Trinajstić information content (AvgIpc) is 2.36. The molecule has 0 radical (unpaired) electrons. The predicted octanol–water partition coefficient (Wildman–Crippen LogP) is 2.32. The number of halogens is 1. The smallest absolute Gasteiger partial charge is 0.246 e. The number of carbonyl (C=O) groups is 2. The molecule has 20 heavy (non-hydrogen) atoms. The number of amides is 2. The van der Waals surface area contributed by atoms with Gasteiger partial charge in [-0.1, -0.05) is 24.1 Å². The first-order valence-corrected chi connectivity index (χ1v) is 7.37. The maximum atomic E-state index is 12.2. The molecule has 0 atom stereocenters. The van der Waals surface area contributed by atoms with E-state index in [4.69, 9.17) is 11.6 Å². The van der Waals surface area contributed by atoms with Gasteiger partial charge in [0.15, 0.2) is 0 Å². The Kier molecular flexibility index (Phi) is 3.66. The second-order valence-corrected chi connectivity index (χ2v) is 5.85. The molecule has 0 unspecified atom stereocenters. The van der Waals surface area contributed by atoms with Crippen molar-refractivity contribution in [3.63, 3.8) is 0 Å². The summed E-state index contributed by atoms with van der Waals surface area (Å²) in [4.78, 5) is 27.8. The van der Waals surface area contributed by atoms with Gasteiger partial charge in [0, 0.05) is 29.7 Å². The Bertz CT molecular complexity index is 542. The van der Waals surface area contributed by atoms with Crippen LogP contribution in [0.2, 0.25) is 5.02 Å². The fourth-order valence-electron chi connectivity index (χ4n) is 2.69. The third kappa shape index (κ3) is 2.52. The summed E-state index contributed by atoms with van der Waals surface area (Å²) in [5, 5.41) is 0.614. The number of rotatable bonds is 2. The first-order chi connectivity index (χ1) is 9.65. The van der Waals surface area contributed by atoms with E-state index in [1.807, 2.05) is 12.1 Å². The second kappa shape index (κ2) is 5.44. The van der Waals surface area contributed by atoms with E-state index in [0.717, 1.165) is 24.9 Å². The second-order valence-electron chi connectivity index (χ2n) is 5.41. The lowest BCUT2D eigenvalue weighted by Crippen LogP contribution is -2.54. The molecule has 3 rings (SSSR count). The summed E-state index contributed by atoms with van der Waals surface area (Å²) in [5.74, 6) is 0.266. The molecule has 1 aromatic rings. The van der Waals surface area contributed by atoms with Crippen molar-refractivity contribution < 1.29 is 9.59 Å². The Balaban J connectivity index is 1.67. The molecule has 1 saturated heterocycles. The van der Waals surface area contributed by atoms with E-state index in [-0.39, 0.29) is 24.3 Å². The lowest BCUT2D eigenvalue weighted by molar-refractivity contribution is -0.142. The Morgan fingerprint density at radius 2 is 2.05 bits per heavy atom. The zero-order valence-corrected chi connectivity index (χ0v) is 12.0.